The average molecular weight is 537 g/mol. The zero-order valence-corrected chi connectivity index (χ0v) is 22.5. The minimum absolute atomic E-state index is 0.208. The highest BCUT2D eigenvalue weighted by atomic mass is 32.2. The molecule has 2 N–H and O–H groups in total. The maximum Gasteiger partial charge on any atom is 0.309 e. The van der Waals surface area contributed by atoms with E-state index in [1.807, 2.05) is 0 Å². The third-order valence-electron chi connectivity index (χ3n) is 6.10. The van der Waals surface area contributed by atoms with Gasteiger partial charge >= 0.3 is 11.9 Å². The lowest BCUT2D eigenvalue weighted by molar-refractivity contribution is -0.148. The van der Waals surface area contributed by atoms with E-state index in [1.54, 1.807) is 27.7 Å². The van der Waals surface area contributed by atoms with Crippen LogP contribution < -0.4 is 0 Å². The molecule has 2 unspecified atom stereocenters. The summed E-state index contributed by atoms with van der Waals surface area (Å²) in [6.07, 6.45) is 10.0. The Balaban J connectivity index is 2.05. The van der Waals surface area contributed by atoms with Gasteiger partial charge in [-0.2, -0.15) is 0 Å². The summed E-state index contributed by atoms with van der Waals surface area (Å²) < 4.78 is 25.9. The maximum atomic E-state index is 13.0. The molecule has 0 aromatic heterocycles. The summed E-state index contributed by atoms with van der Waals surface area (Å²) >= 11 is 0. The van der Waals surface area contributed by atoms with E-state index in [0.717, 1.165) is 0 Å². The maximum absolute atomic E-state index is 13.0. The first-order valence-corrected chi connectivity index (χ1v) is 13.8. The molecule has 196 valence electrons. The molecule has 0 bridgehead atoms. The van der Waals surface area contributed by atoms with E-state index in [0.29, 0.717) is 48.3 Å². The van der Waals surface area contributed by atoms with Crippen LogP contribution in [0.3, 0.4) is 0 Å². The summed E-state index contributed by atoms with van der Waals surface area (Å²) in [5.74, 6) is -2.55. The molecule has 0 spiro atoms. The van der Waals surface area contributed by atoms with Gasteiger partial charge in [0.1, 0.15) is 0 Å². The van der Waals surface area contributed by atoms with Crippen molar-refractivity contribution in [3.8, 4) is 0 Å². The van der Waals surface area contributed by atoms with Crippen LogP contribution in [-0.4, -0.2) is 42.1 Å². The highest BCUT2D eigenvalue weighted by Gasteiger charge is 2.28. The quantitative estimate of drug-likeness (QED) is 0.376. The van der Waals surface area contributed by atoms with Gasteiger partial charge in [-0.15, -0.1) is 0 Å². The van der Waals surface area contributed by atoms with E-state index in [1.165, 1.54) is 36.5 Å². The first kappa shape index (κ1) is 29.5. The van der Waals surface area contributed by atoms with Crippen molar-refractivity contribution in [1.29, 1.82) is 0 Å². The molecule has 2 rings (SSSR count). The van der Waals surface area contributed by atoms with Crippen molar-refractivity contribution in [3.05, 3.63) is 56.1 Å². The summed E-state index contributed by atoms with van der Waals surface area (Å²) in [5.41, 5.74) is -1.87. The van der Waals surface area contributed by atoms with Crippen LogP contribution in [0.15, 0.2) is 56.1 Å². The fourth-order valence-corrected chi connectivity index (χ4v) is 6.08. The van der Waals surface area contributed by atoms with Crippen LogP contribution in [0.5, 0.6) is 0 Å². The Morgan fingerprint density at radius 1 is 0.722 bits per heavy atom. The minimum Gasteiger partial charge on any atom is -0.481 e. The topological polar surface area (TPSA) is 143 Å². The number of ketones is 2. The number of hydrogen-bond acceptors (Lipinski definition) is 6. The van der Waals surface area contributed by atoms with Gasteiger partial charge in [0.25, 0.3) is 0 Å². The highest BCUT2D eigenvalue weighted by Crippen LogP contribution is 2.31. The summed E-state index contributed by atoms with van der Waals surface area (Å²) in [5, 5.41) is 18.5. The molecule has 10 heteroatoms. The molecular formula is C26H32O8S2. The second-order valence-electron chi connectivity index (χ2n) is 10.1. The van der Waals surface area contributed by atoms with Crippen LogP contribution in [0.25, 0.3) is 0 Å². The Hall–Kier alpha value is -2.72. The molecule has 36 heavy (non-hydrogen) atoms. The number of carboxylic acids is 2. The number of allylic oxidation sites excluding steroid dienone is 8. The first-order chi connectivity index (χ1) is 16.6. The number of hydrogen-bond donors (Lipinski definition) is 2. The molecule has 0 saturated carbocycles. The van der Waals surface area contributed by atoms with Gasteiger partial charge in [-0.05, 0) is 90.5 Å². The third-order valence-corrected chi connectivity index (χ3v) is 9.06. The molecule has 2 heterocycles. The van der Waals surface area contributed by atoms with E-state index in [9.17, 15) is 37.8 Å². The molecule has 0 amide bonds. The summed E-state index contributed by atoms with van der Waals surface area (Å²) in [4.78, 5) is 48.1. The summed E-state index contributed by atoms with van der Waals surface area (Å²) in [7, 11) is -3.28. The van der Waals surface area contributed by atoms with Crippen molar-refractivity contribution < 1.29 is 37.8 Å². The SMILES string of the molecule is CC(C)(CCCC1=CC(=O)C=C(/C=C/C2=CC(=O)C=C(CCCC(C)(C)C(=O)O)S2=O)S1=O)C(=O)O. The lowest BCUT2D eigenvalue weighted by Gasteiger charge is -2.20. The predicted octanol–water partition coefficient (Wildman–Crippen LogP) is 4.30. The van der Waals surface area contributed by atoms with Crippen molar-refractivity contribution in [3.63, 3.8) is 0 Å². The second kappa shape index (κ2) is 12.0. The fourth-order valence-electron chi connectivity index (χ4n) is 3.53. The standard InChI is InChI=1S/C26H32O8S2/c1-25(2,23(29)30)11-5-7-19-13-17(27)15-21(35(19)33)9-10-22-16-18(28)14-20(36(22)34)8-6-12-26(3,4)24(31)32/h9-10,13-16H,5-8,11-12H2,1-4H3,(H,29,30)(H,31,32)/b10-9+. The van der Waals surface area contributed by atoms with Gasteiger partial charge in [0.05, 0.1) is 32.4 Å². The predicted molar refractivity (Wildman–Crippen MR) is 138 cm³/mol. The molecule has 0 aromatic rings. The van der Waals surface area contributed by atoms with Crippen molar-refractivity contribution in [2.24, 2.45) is 10.8 Å². The molecule has 0 aliphatic carbocycles. The summed E-state index contributed by atoms with van der Waals surface area (Å²) in [6.45, 7) is 6.43. The van der Waals surface area contributed by atoms with Crippen molar-refractivity contribution in [2.45, 2.75) is 66.2 Å². The van der Waals surface area contributed by atoms with E-state index in [2.05, 4.69) is 0 Å². The van der Waals surface area contributed by atoms with E-state index < -0.39 is 44.4 Å². The lowest BCUT2D eigenvalue weighted by atomic mass is 9.87. The molecule has 2 aliphatic rings. The van der Waals surface area contributed by atoms with Gasteiger partial charge in [-0.25, -0.2) is 8.42 Å². The molecule has 0 radical (unpaired) electrons. The van der Waals surface area contributed by atoms with Crippen LogP contribution in [0.4, 0.5) is 0 Å². The van der Waals surface area contributed by atoms with Crippen molar-refractivity contribution in [2.75, 3.05) is 0 Å². The molecule has 2 aliphatic heterocycles. The number of aliphatic carboxylic acids is 2. The number of carbonyl (C=O) groups excluding carboxylic acids is 2. The monoisotopic (exact) mass is 536 g/mol. The van der Waals surface area contributed by atoms with Crippen LogP contribution in [-0.2, 0) is 40.8 Å². The Kier molecular flexibility index (Phi) is 9.85. The molecule has 0 fully saturated rings. The number of carbonyl (C=O) groups is 4. The number of carboxylic acid groups (broad SMARTS) is 2. The van der Waals surface area contributed by atoms with E-state index in [-0.39, 0.29) is 21.4 Å². The number of rotatable bonds is 12. The zero-order chi connectivity index (χ0) is 27.3. The largest absolute Gasteiger partial charge is 0.481 e. The van der Waals surface area contributed by atoms with Crippen LogP contribution >= 0.6 is 0 Å². The van der Waals surface area contributed by atoms with Crippen LogP contribution in [0.2, 0.25) is 0 Å². The van der Waals surface area contributed by atoms with Gasteiger partial charge in [-0.3, -0.25) is 19.2 Å². The molecule has 0 saturated heterocycles. The smallest absolute Gasteiger partial charge is 0.309 e. The fraction of sp³-hybridized carbons (Fsp3) is 0.462. The summed E-state index contributed by atoms with van der Waals surface area (Å²) in [6, 6.07) is 0. The second-order valence-corrected chi connectivity index (χ2v) is 13.1. The van der Waals surface area contributed by atoms with Crippen molar-refractivity contribution >= 4 is 45.1 Å². The van der Waals surface area contributed by atoms with Gasteiger partial charge in [-0.1, -0.05) is 0 Å². The van der Waals surface area contributed by atoms with Crippen LogP contribution in [0.1, 0.15) is 66.2 Å². The molecule has 2 atom stereocenters. The van der Waals surface area contributed by atoms with Crippen LogP contribution in [0, 0.1) is 10.8 Å². The van der Waals surface area contributed by atoms with E-state index in [4.69, 9.17) is 0 Å². The zero-order valence-electron chi connectivity index (χ0n) is 20.9. The average Bonchev–Trinajstić information content (AvgIpc) is 2.76. The Morgan fingerprint density at radius 3 is 1.36 bits per heavy atom. The normalized spacial score (nSPS) is 21.1. The van der Waals surface area contributed by atoms with E-state index >= 15 is 0 Å². The van der Waals surface area contributed by atoms with Gasteiger partial charge < -0.3 is 10.2 Å². The Bertz CT molecular complexity index is 1070. The van der Waals surface area contributed by atoms with Gasteiger partial charge in [0.15, 0.2) is 11.6 Å². The van der Waals surface area contributed by atoms with Crippen molar-refractivity contribution in [1.82, 2.24) is 0 Å². The Morgan fingerprint density at radius 2 is 1.06 bits per heavy atom. The molecule has 8 nitrogen and oxygen atoms in total. The third kappa shape index (κ3) is 7.89. The first-order valence-electron chi connectivity index (χ1n) is 11.5. The molecule has 0 aromatic carbocycles. The molecular weight excluding hydrogens is 504 g/mol. The van der Waals surface area contributed by atoms with Gasteiger partial charge in [0, 0.05) is 31.8 Å². The minimum atomic E-state index is -1.64. The highest BCUT2D eigenvalue weighted by molar-refractivity contribution is 7.93. The lowest BCUT2D eigenvalue weighted by Crippen LogP contribution is -2.23. The van der Waals surface area contributed by atoms with Gasteiger partial charge in [0.2, 0.25) is 0 Å². The Labute approximate surface area is 215 Å².